The number of carbonyl (C=O) groups excluding carboxylic acids is 1. The van der Waals surface area contributed by atoms with Crippen molar-refractivity contribution in [1.29, 1.82) is 0 Å². The number of alkyl halides is 3. The van der Waals surface area contributed by atoms with Crippen LogP contribution in [0.2, 0.25) is 0 Å². The van der Waals surface area contributed by atoms with Crippen LogP contribution in [0.1, 0.15) is 38.5 Å². The highest BCUT2D eigenvalue weighted by atomic mass is 32.2. The van der Waals surface area contributed by atoms with E-state index in [0.717, 1.165) is 50.1 Å². The summed E-state index contributed by atoms with van der Waals surface area (Å²) in [5, 5.41) is 1.06. The quantitative estimate of drug-likeness (QED) is 0.528. The summed E-state index contributed by atoms with van der Waals surface area (Å²) < 4.78 is 65.4. The zero-order valence-corrected chi connectivity index (χ0v) is 17.7. The molecule has 0 radical (unpaired) electrons. The SMILES string of the molecule is CS(=O)(=O)c1ccc(OCCCC2CC3(CCN(C(=O)NC(F)(F)F)CC3)C2)cc1. The molecule has 1 N–H and O–H groups in total. The lowest BCUT2D eigenvalue weighted by atomic mass is 9.56. The number of sulfone groups is 1. The van der Waals surface area contributed by atoms with Gasteiger partial charge in [0.15, 0.2) is 9.84 Å². The monoisotopic (exact) mass is 448 g/mol. The fourth-order valence-corrected chi connectivity index (χ4v) is 5.14. The third-order valence-electron chi connectivity index (χ3n) is 6.08. The fourth-order valence-electron chi connectivity index (χ4n) is 4.51. The first-order chi connectivity index (χ1) is 14.0. The van der Waals surface area contributed by atoms with Crippen molar-refractivity contribution in [3.63, 3.8) is 0 Å². The maximum atomic E-state index is 12.3. The number of nitrogens with one attached hydrogen (secondary N) is 1. The van der Waals surface area contributed by atoms with Gasteiger partial charge in [-0.2, -0.15) is 13.2 Å². The number of halogens is 3. The van der Waals surface area contributed by atoms with Gasteiger partial charge in [-0.05, 0) is 74.1 Å². The van der Waals surface area contributed by atoms with E-state index in [-0.39, 0.29) is 10.3 Å². The van der Waals surface area contributed by atoms with E-state index in [2.05, 4.69) is 0 Å². The number of benzene rings is 1. The smallest absolute Gasteiger partial charge is 0.485 e. The average Bonchev–Trinajstić information content (AvgIpc) is 2.62. The molecule has 2 fully saturated rings. The Morgan fingerprint density at radius 2 is 1.80 bits per heavy atom. The molecule has 2 aliphatic rings. The largest absolute Gasteiger partial charge is 0.494 e. The van der Waals surface area contributed by atoms with E-state index in [1.165, 1.54) is 17.0 Å². The number of nitrogens with zero attached hydrogens (tertiary/aromatic N) is 1. The minimum atomic E-state index is -4.69. The van der Waals surface area contributed by atoms with Gasteiger partial charge in [0.2, 0.25) is 0 Å². The third-order valence-corrected chi connectivity index (χ3v) is 7.21. The summed E-state index contributed by atoms with van der Waals surface area (Å²) in [5.41, 5.74) is 0.169. The van der Waals surface area contributed by atoms with Gasteiger partial charge in [0.05, 0.1) is 11.5 Å². The van der Waals surface area contributed by atoms with E-state index in [1.54, 1.807) is 12.1 Å². The van der Waals surface area contributed by atoms with Crippen LogP contribution in [-0.4, -0.2) is 51.6 Å². The molecular weight excluding hydrogens is 421 g/mol. The maximum Gasteiger partial charge on any atom is 0.485 e. The summed E-state index contributed by atoms with van der Waals surface area (Å²) in [4.78, 5) is 13.1. The number of urea groups is 1. The van der Waals surface area contributed by atoms with Gasteiger partial charge in [-0.3, -0.25) is 0 Å². The second-order valence-corrected chi connectivity index (χ2v) is 10.4. The Balaban J connectivity index is 1.32. The minimum absolute atomic E-state index is 0.169. The number of amides is 2. The third kappa shape index (κ3) is 6.02. The van der Waals surface area contributed by atoms with Crippen molar-refractivity contribution >= 4 is 15.9 Å². The van der Waals surface area contributed by atoms with Crippen molar-refractivity contribution in [2.75, 3.05) is 26.0 Å². The Morgan fingerprint density at radius 3 is 2.33 bits per heavy atom. The molecule has 6 nitrogen and oxygen atoms in total. The number of carbonyl (C=O) groups is 1. The molecule has 30 heavy (non-hydrogen) atoms. The van der Waals surface area contributed by atoms with Crippen molar-refractivity contribution in [3.8, 4) is 5.75 Å². The van der Waals surface area contributed by atoms with Crippen LogP contribution in [-0.2, 0) is 9.84 Å². The molecule has 1 saturated carbocycles. The summed E-state index contributed by atoms with van der Waals surface area (Å²) >= 11 is 0. The van der Waals surface area contributed by atoms with E-state index >= 15 is 0 Å². The molecule has 1 aliphatic carbocycles. The van der Waals surface area contributed by atoms with E-state index < -0.39 is 22.2 Å². The lowest BCUT2D eigenvalue weighted by molar-refractivity contribution is -0.148. The van der Waals surface area contributed by atoms with Crippen molar-refractivity contribution in [1.82, 2.24) is 10.2 Å². The van der Waals surface area contributed by atoms with Crippen LogP contribution in [0.4, 0.5) is 18.0 Å². The number of ether oxygens (including phenoxy) is 1. The zero-order chi connectivity index (χ0) is 22.0. The molecule has 1 spiro atoms. The first-order valence-corrected chi connectivity index (χ1v) is 11.9. The normalized spacial score (nSPS) is 19.4. The molecule has 1 aromatic rings. The van der Waals surface area contributed by atoms with Gasteiger partial charge in [0.1, 0.15) is 5.75 Å². The second kappa shape index (κ2) is 8.64. The minimum Gasteiger partial charge on any atom is -0.494 e. The second-order valence-electron chi connectivity index (χ2n) is 8.42. The van der Waals surface area contributed by atoms with Crippen LogP contribution >= 0.6 is 0 Å². The molecule has 0 bridgehead atoms. The van der Waals surface area contributed by atoms with Crippen molar-refractivity contribution in [2.45, 2.75) is 49.7 Å². The van der Waals surface area contributed by atoms with E-state index in [4.69, 9.17) is 4.74 Å². The first-order valence-electron chi connectivity index (χ1n) is 10.0. The van der Waals surface area contributed by atoms with Gasteiger partial charge >= 0.3 is 12.3 Å². The van der Waals surface area contributed by atoms with Crippen molar-refractivity contribution in [3.05, 3.63) is 24.3 Å². The van der Waals surface area contributed by atoms with E-state index in [9.17, 15) is 26.4 Å². The lowest BCUT2D eigenvalue weighted by Gasteiger charge is -2.52. The van der Waals surface area contributed by atoms with Crippen LogP contribution in [0.3, 0.4) is 0 Å². The van der Waals surface area contributed by atoms with Gasteiger partial charge in [0.25, 0.3) is 0 Å². The summed E-state index contributed by atoms with van der Waals surface area (Å²) in [7, 11) is -3.21. The Kier molecular flexibility index (Phi) is 6.54. The van der Waals surface area contributed by atoms with E-state index in [1.807, 2.05) is 0 Å². The Hall–Kier alpha value is -1.97. The number of rotatable bonds is 6. The fraction of sp³-hybridized carbons (Fsp3) is 0.650. The Morgan fingerprint density at radius 1 is 1.20 bits per heavy atom. The topological polar surface area (TPSA) is 75.7 Å². The number of piperidine rings is 1. The number of hydrogen-bond donors (Lipinski definition) is 1. The Bertz CT molecular complexity index is 840. The predicted octanol–water partition coefficient (Wildman–Crippen LogP) is 3.97. The highest BCUT2D eigenvalue weighted by Crippen LogP contribution is 2.54. The lowest BCUT2D eigenvalue weighted by Crippen LogP contribution is -2.53. The van der Waals surface area contributed by atoms with Gasteiger partial charge in [-0.1, -0.05) is 0 Å². The average molecular weight is 449 g/mol. The summed E-state index contributed by atoms with van der Waals surface area (Å²) in [6, 6.07) is 5.30. The number of hydrogen-bond acceptors (Lipinski definition) is 4. The number of likely N-dealkylation sites (tertiary alicyclic amines) is 1. The molecule has 3 rings (SSSR count). The molecule has 0 unspecified atom stereocenters. The molecule has 168 valence electrons. The van der Waals surface area contributed by atoms with Gasteiger partial charge < -0.3 is 9.64 Å². The van der Waals surface area contributed by atoms with E-state index in [0.29, 0.717) is 31.4 Å². The molecule has 0 aromatic heterocycles. The molecule has 0 atom stereocenters. The van der Waals surface area contributed by atoms with Crippen LogP contribution in [0.5, 0.6) is 5.75 Å². The molecule has 1 aliphatic heterocycles. The molecule has 2 amide bonds. The molecule has 1 aromatic carbocycles. The van der Waals surface area contributed by atoms with Gasteiger partial charge in [-0.15, -0.1) is 0 Å². The highest BCUT2D eigenvalue weighted by Gasteiger charge is 2.46. The van der Waals surface area contributed by atoms with Gasteiger partial charge in [-0.25, -0.2) is 18.5 Å². The molecule has 1 heterocycles. The van der Waals surface area contributed by atoms with Gasteiger partial charge in [0, 0.05) is 19.3 Å². The summed E-state index contributed by atoms with van der Waals surface area (Å²) in [6.45, 7) is 1.27. The van der Waals surface area contributed by atoms with Crippen LogP contribution in [0.25, 0.3) is 0 Å². The molecular formula is C20H27F3N2O4S. The first kappa shape index (κ1) is 22.7. The van der Waals surface area contributed by atoms with Crippen molar-refractivity contribution in [2.24, 2.45) is 11.3 Å². The molecule has 10 heteroatoms. The van der Waals surface area contributed by atoms with Crippen molar-refractivity contribution < 1.29 is 31.1 Å². The Labute approximate surface area is 174 Å². The molecule has 1 saturated heterocycles. The zero-order valence-electron chi connectivity index (χ0n) is 16.9. The van der Waals surface area contributed by atoms with Crippen LogP contribution in [0.15, 0.2) is 29.2 Å². The maximum absolute atomic E-state index is 12.3. The summed E-state index contributed by atoms with van der Waals surface area (Å²) in [6.07, 6.45) is 1.96. The highest BCUT2D eigenvalue weighted by molar-refractivity contribution is 7.90. The van der Waals surface area contributed by atoms with Crippen LogP contribution < -0.4 is 10.1 Å². The predicted molar refractivity (Wildman–Crippen MR) is 105 cm³/mol. The standard InChI is InChI=1S/C20H27F3N2O4S/c1-30(27,28)17-6-4-16(5-7-17)29-12-2-3-15-13-19(14-15)8-10-25(11-9-19)18(26)24-20(21,22)23/h4-7,15H,2-3,8-14H2,1H3,(H,24,26). The summed E-state index contributed by atoms with van der Waals surface area (Å²) in [5.74, 6) is 1.22. The van der Waals surface area contributed by atoms with Crippen LogP contribution in [0, 0.1) is 11.3 Å².